The number of pyridine rings is 1. The van der Waals surface area contributed by atoms with Crippen molar-refractivity contribution < 1.29 is 13.2 Å². The second kappa shape index (κ2) is 10.9. The van der Waals surface area contributed by atoms with Gasteiger partial charge in [-0.25, -0.2) is 18.1 Å². The number of methoxy groups -OCH3 is 1. The molecule has 0 bridgehead atoms. The van der Waals surface area contributed by atoms with Crippen LogP contribution in [0.1, 0.15) is 5.56 Å². The molecule has 180 valence electrons. The van der Waals surface area contributed by atoms with E-state index in [0.717, 1.165) is 11.3 Å². The zero-order chi connectivity index (χ0) is 24.7. The molecule has 2 aromatic heterocycles. The quantitative estimate of drug-likeness (QED) is 0.286. The van der Waals surface area contributed by atoms with Crippen molar-refractivity contribution in [3.8, 4) is 17.1 Å². The topological polar surface area (TPSA) is 118 Å². The van der Waals surface area contributed by atoms with Gasteiger partial charge in [-0.1, -0.05) is 23.8 Å². The largest absolute Gasteiger partial charge is 0.497 e. The van der Waals surface area contributed by atoms with E-state index in [1.54, 1.807) is 18.3 Å². The predicted octanol–water partition coefficient (Wildman–Crippen LogP) is 3.99. The average Bonchev–Trinajstić information content (AvgIpc) is 2.88. The first-order chi connectivity index (χ1) is 16.9. The molecule has 4 aromatic rings. The van der Waals surface area contributed by atoms with Crippen molar-refractivity contribution in [2.75, 3.05) is 30.8 Å². The van der Waals surface area contributed by atoms with Gasteiger partial charge in [0.2, 0.25) is 16.0 Å². The lowest BCUT2D eigenvalue weighted by atomic mass is 10.2. The molecule has 0 saturated heterocycles. The van der Waals surface area contributed by atoms with Crippen molar-refractivity contribution in [1.82, 2.24) is 19.7 Å². The third-order valence-electron chi connectivity index (χ3n) is 5.05. The van der Waals surface area contributed by atoms with Crippen LogP contribution in [0.2, 0.25) is 0 Å². The molecule has 0 fully saturated rings. The average molecular weight is 491 g/mol. The third kappa shape index (κ3) is 6.52. The minimum Gasteiger partial charge on any atom is -0.497 e. The van der Waals surface area contributed by atoms with Crippen molar-refractivity contribution in [2.45, 2.75) is 11.8 Å². The van der Waals surface area contributed by atoms with Gasteiger partial charge in [0.25, 0.3) is 0 Å². The number of hydrogen-bond acceptors (Lipinski definition) is 8. The zero-order valence-corrected chi connectivity index (χ0v) is 20.2. The van der Waals surface area contributed by atoms with Crippen LogP contribution in [-0.2, 0) is 10.0 Å². The van der Waals surface area contributed by atoms with Gasteiger partial charge in [0.15, 0.2) is 0 Å². The lowest BCUT2D eigenvalue weighted by Gasteiger charge is -2.12. The molecule has 0 unspecified atom stereocenters. The van der Waals surface area contributed by atoms with Crippen LogP contribution in [-0.4, -0.2) is 43.6 Å². The third-order valence-corrected chi connectivity index (χ3v) is 6.52. The number of aryl methyl sites for hydroxylation is 1. The highest BCUT2D eigenvalue weighted by Gasteiger charge is 2.14. The maximum Gasteiger partial charge on any atom is 0.240 e. The molecule has 3 N–H and O–H groups in total. The summed E-state index contributed by atoms with van der Waals surface area (Å²) in [6.45, 7) is 2.45. The first-order valence-corrected chi connectivity index (χ1v) is 12.4. The minimum atomic E-state index is -3.65. The van der Waals surface area contributed by atoms with E-state index in [0.29, 0.717) is 28.9 Å². The highest BCUT2D eigenvalue weighted by atomic mass is 32.2. The van der Waals surface area contributed by atoms with Crippen LogP contribution in [0, 0.1) is 6.92 Å². The van der Waals surface area contributed by atoms with Crippen LogP contribution < -0.4 is 20.1 Å². The number of benzene rings is 2. The van der Waals surface area contributed by atoms with E-state index in [1.165, 1.54) is 19.2 Å². The summed E-state index contributed by atoms with van der Waals surface area (Å²) in [6.07, 6.45) is 1.70. The minimum absolute atomic E-state index is 0.145. The summed E-state index contributed by atoms with van der Waals surface area (Å²) in [5.74, 6) is 1.53. The number of aromatic nitrogens is 3. The van der Waals surface area contributed by atoms with E-state index in [4.69, 9.17) is 4.74 Å². The number of hydrogen-bond donors (Lipinski definition) is 3. The van der Waals surface area contributed by atoms with Crippen LogP contribution in [0.3, 0.4) is 0 Å². The highest BCUT2D eigenvalue weighted by Crippen LogP contribution is 2.22. The zero-order valence-electron chi connectivity index (χ0n) is 19.4. The maximum atomic E-state index is 12.5. The Bertz CT molecular complexity index is 1360. The lowest BCUT2D eigenvalue weighted by molar-refractivity contribution is 0.414. The Morgan fingerprint density at radius 1 is 0.886 bits per heavy atom. The smallest absolute Gasteiger partial charge is 0.240 e. The summed E-state index contributed by atoms with van der Waals surface area (Å²) < 4.78 is 32.7. The van der Waals surface area contributed by atoms with E-state index >= 15 is 0 Å². The second-order valence-electron chi connectivity index (χ2n) is 7.67. The number of rotatable bonds is 10. The van der Waals surface area contributed by atoms with Gasteiger partial charge < -0.3 is 15.4 Å². The Hall–Kier alpha value is -4.02. The Kier molecular flexibility index (Phi) is 7.54. The van der Waals surface area contributed by atoms with Crippen molar-refractivity contribution in [3.05, 3.63) is 84.6 Å². The summed E-state index contributed by atoms with van der Waals surface area (Å²) in [6, 6.07) is 21.6. The molecule has 0 spiro atoms. The molecule has 0 atom stereocenters. The monoisotopic (exact) mass is 490 g/mol. The van der Waals surface area contributed by atoms with E-state index in [2.05, 4.69) is 30.3 Å². The van der Waals surface area contributed by atoms with Crippen LogP contribution in [0.5, 0.6) is 5.75 Å². The standard InChI is InChI=1S/C25H26N6O3S/c1-18-6-8-19(9-7-18)29-24-17-23(22-5-3-4-14-26-22)30-25(31-24)27-15-16-28-35(32,33)21-12-10-20(34-2)11-13-21/h3-14,17,28H,15-16H2,1-2H3,(H2,27,29,30,31). The van der Waals surface area contributed by atoms with E-state index in [1.807, 2.05) is 55.5 Å². The number of nitrogens with one attached hydrogen (secondary N) is 3. The molecule has 4 rings (SSSR count). The Morgan fingerprint density at radius 2 is 1.66 bits per heavy atom. The molecule has 0 saturated carbocycles. The molecule has 2 aromatic carbocycles. The van der Waals surface area contributed by atoms with Gasteiger partial charge in [0.1, 0.15) is 11.6 Å². The molecule has 0 radical (unpaired) electrons. The van der Waals surface area contributed by atoms with Gasteiger partial charge in [-0.3, -0.25) is 4.98 Å². The van der Waals surface area contributed by atoms with Gasteiger partial charge in [0, 0.05) is 31.0 Å². The highest BCUT2D eigenvalue weighted by molar-refractivity contribution is 7.89. The first kappa shape index (κ1) is 24.1. The van der Waals surface area contributed by atoms with E-state index in [9.17, 15) is 8.42 Å². The van der Waals surface area contributed by atoms with Crippen molar-refractivity contribution in [1.29, 1.82) is 0 Å². The molecule has 9 nitrogen and oxygen atoms in total. The van der Waals surface area contributed by atoms with Gasteiger partial charge in [0.05, 0.1) is 23.4 Å². The Morgan fingerprint density at radius 3 is 2.34 bits per heavy atom. The van der Waals surface area contributed by atoms with Crippen molar-refractivity contribution >= 4 is 27.5 Å². The lowest BCUT2D eigenvalue weighted by Crippen LogP contribution is -2.29. The van der Waals surface area contributed by atoms with Crippen LogP contribution in [0.4, 0.5) is 17.5 Å². The molecule has 0 aliphatic heterocycles. The van der Waals surface area contributed by atoms with E-state index < -0.39 is 10.0 Å². The normalized spacial score (nSPS) is 11.1. The van der Waals surface area contributed by atoms with Crippen LogP contribution in [0.25, 0.3) is 11.4 Å². The molecule has 0 aliphatic carbocycles. The molecule has 0 aliphatic rings. The van der Waals surface area contributed by atoms with Gasteiger partial charge in [-0.2, -0.15) is 4.98 Å². The summed E-state index contributed by atoms with van der Waals surface area (Å²) in [7, 11) is -2.12. The fraction of sp³-hybridized carbons (Fsp3) is 0.160. The molecule has 2 heterocycles. The number of anilines is 3. The second-order valence-corrected chi connectivity index (χ2v) is 9.44. The summed E-state index contributed by atoms with van der Waals surface area (Å²) in [4.78, 5) is 13.6. The number of nitrogens with zero attached hydrogens (tertiary/aromatic N) is 3. The van der Waals surface area contributed by atoms with Crippen LogP contribution >= 0.6 is 0 Å². The molecule has 35 heavy (non-hydrogen) atoms. The molecule has 0 amide bonds. The summed E-state index contributed by atoms with van der Waals surface area (Å²) >= 11 is 0. The van der Waals surface area contributed by atoms with Crippen molar-refractivity contribution in [2.24, 2.45) is 0 Å². The maximum absolute atomic E-state index is 12.5. The fourth-order valence-corrected chi connectivity index (χ4v) is 4.25. The SMILES string of the molecule is COc1ccc(S(=O)(=O)NCCNc2nc(Nc3ccc(C)cc3)cc(-c3ccccn3)n2)cc1. The molecular formula is C25H26N6O3S. The first-order valence-electron chi connectivity index (χ1n) is 10.9. The predicted molar refractivity (Wildman–Crippen MR) is 136 cm³/mol. The Balaban J connectivity index is 1.46. The summed E-state index contributed by atoms with van der Waals surface area (Å²) in [5, 5.41) is 6.38. The van der Waals surface area contributed by atoms with E-state index in [-0.39, 0.29) is 18.0 Å². The van der Waals surface area contributed by atoms with Crippen molar-refractivity contribution in [3.63, 3.8) is 0 Å². The fourth-order valence-electron chi connectivity index (χ4n) is 3.22. The number of sulfonamides is 1. The van der Waals surface area contributed by atoms with Crippen LogP contribution in [0.15, 0.2) is 83.9 Å². The van der Waals surface area contributed by atoms with Gasteiger partial charge in [-0.05, 0) is 55.5 Å². The Labute approximate surface area is 204 Å². The molecule has 10 heteroatoms. The summed E-state index contributed by atoms with van der Waals surface area (Å²) in [5.41, 5.74) is 3.38. The van der Waals surface area contributed by atoms with Gasteiger partial charge in [-0.15, -0.1) is 0 Å². The number of ether oxygens (including phenoxy) is 1. The van der Waals surface area contributed by atoms with Gasteiger partial charge >= 0.3 is 0 Å². The molecular weight excluding hydrogens is 464 g/mol.